The molecular formula is C21H30N6O2. The second-order valence-electron chi connectivity index (χ2n) is 8.75. The minimum absolute atomic E-state index is 0.132. The molecule has 8 heteroatoms. The van der Waals surface area contributed by atoms with Gasteiger partial charge in [0.2, 0.25) is 5.91 Å². The lowest BCUT2D eigenvalue weighted by atomic mass is 9.85. The minimum Gasteiger partial charge on any atom is -0.381 e. The molecule has 1 spiro atoms. The van der Waals surface area contributed by atoms with Gasteiger partial charge in [0, 0.05) is 64.3 Å². The first-order valence-corrected chi connectivity index (χ1v) is 10.7. The fourth-order valence-corrected chi connectivity index (χ4v) is 5.44. The van der Waals surface area contributed by atoms with E-state index in [1.54, 1.807) is 10.9 Å². The molecular weight excluding hydrogens is 368 g/mol. The van der Waals surface area contributed by atoms with Crippen molar-refractivity contribution < 1.29 is 9.53 Å². The van der Waals surface area contributed by atoms with Gasteiger partial charge in [-0.05, 0) is 31.2 Å². The zero-order chi connectivity index (χ0) is 19.8. The number of rotatable bonds is 4. The number of aromatic nitrogens is 4. The highest BCUT2D eigenvalue weighted by molar-refractivity contribution is 5.77. The van der Waals surface area contributed by atoms with Crippen LogP contribution < -0.4 is 0 Å². The molecule has 0 bridgehead atoms. The maximum Gasteiger partial charge on any atom is 0.245 e. The van der Waals surface area contributed by atoms with Gasteiger partial charge in [0.1, 0.15) is 12.1 Å². The van der Waals surface area contributed by atoms with Gasteiger partial charge < -0.3 is 19.1 Å². The third kappa shape index (κ3) is 3.38. The van der Waals surface area contributed by atoms with Crippen LogP contribution in [-0.4, -0.2) is 74.4 Å². The summed E-state index contributed by atoms with van der Waals surface area (Å²) in [5, 5.41) is 4.23. The summed E-state index contributed by atoms with van der Waals surface area (Å²) in [5.41, 5.74) is 2.05. The van der Waals surface area contributed by atoms with E-state index in [-0.39, 0.29) is 18.0 Å². The molecule has 156 valence electrons. The second kappa shape index (κ2) is 7.57. The van der Waals surface area contributed by atoms with Gasteiger partial charge in [-0.15, -0.1) is 0 Å². The van der Waals surface area contributed by atoms with E-state index >= 15 is 0 Å². The molecule has 2 atom stereocenters. The lowest BCUT2D eigenvalue weighted by Crippen LogP contribution is -2.56. The highest BCUT2D eigenvalue weighted by Gasteiger charge is 2.51. The van der Waals surface area contributed by atoms with Crippen LogP contribution in [0, 0.1) is 5.92 Å². The summed E-state index contributed by atoms with van der Waals surface area (Å²) in [6, 6.07) is 1.86. The molecule has 0 radical (unpaired) electrons. The number of carbonyl (C=O) groups is 1. The molecule has 2 saturated heterocycles. The molecule has 2 unspecified atom stereocenters. The van der Waals surface area contributed by atoms with Crippen molar-refractivity contribution in [2.24, 2.45) is 13.0 Å². The quantitative estimate of drug-likeness (QED) is 0.770. The Morgan fingerprint density at radius 3 is 3.10 bits per heavy atom. The van der Waals surface area contributed by atoms with Crippen molar-refractivity contribution in [1.29, 1.82) is 0 Å². The van der Waals surface area contributed by atoms with Crippen molar-refractivity contribution in [3.8, 4) is 0 Å². The number of aryl methyl sites for hydroxylation is 1. The number of fused-ring (bicyclic) bond motifs is 2. The van der Waals surface area contributed by atoms with Gasteiger partial charge >= 0.3 is 0 Å². The summed E-state index contributed by atoms with van der Waals surface area (Å²) in [7, 11) is 2.06. The summed E-state index contributed by atoms with van der Waals surface area (Å²) in [6.45, 7) is 5.69. The Hall–Kier alpha value is -2.19. The Bertz CT molecular complexity index is 857. The van der Waals surface area contributed by atoms with E-state index in [1.165, 1.54) is 12.1 Å². The highest BCUT2D eigenvalue weighted by atomic mass is 16.5. The highest BCUT2D eigenvalue weighted by Crippen LogP contribution is 2.42. The van der Waals surface area contributed by atoms with Crippen molar-refractivity contribution in [3.05, 3.63) is 36.2 Å². The molecule has 2 aromatic heterocycles. The first-order chi connectivity index (χ1) is 14.2. The normalized spacial score (nSPS) is 27.5. The smallest absolute Gasteiger partial charge is 0.245 e. The van der Waals surface area contributed by atoms with Crippen molar-refractivity contribution in [3.63, 3.8) is 0 Å². The van der Waals surface area contributed by atoms with Gasteiger partial charge in [-0.25, -0.2) is 4.98 Å². The third-order valence-corrected chi connectivity index (χ3v) is 6.84. The molecule has 2 aromatic rings. The van der Waals surface area contributed by atoms with Gasteiger partial charge in [-0.2, -0.15) is 5.10 Å². The Morgan fingerprint density at radius 2 is 2.31 bits per heavy atom. The van der Waals surface area contributed by atoms with E-state index in [0.29, 0.717) is 5.92 Å². The van der Waals surface area contributed by atoms with Crippen LogP contribution in [0.15, 0.2) is 24.8 Å². The first kappa shape index (κ1) is 18.8. The number of hydrogen-bond donors (Lipinski definition) is 0. The summed E-state index contributed by atoms with van der Waals surface area (Å²) >= 11 is 0. The Morgan fingerprint density at radius 1 is 1.38 bits per heavy atom. The molecule has 0 N–H and O–H groups in total. The predicted molar refractivity (Wildman–Crippen MR) is 107 cm³/mol. The SMILES string of the molecule is Cn1cnc2c1CCN(C(=O)Cn1cccn1)C21CCN(CC2CCCOC2)C1. The maximum absolute atomic E-state index is 13.3. The van der Waals surface area contributed by atoms with Crippen molar-refractivity contribution in [1.82, 2.24) is 29.1 Å². The standard InChI is InChI=1S/C21H30N6O2/c1-24-16-22-20-18(24)5-9-27(19(28)13-26-8-3-7-23-26)21(20)6-10-25(15-21)12-17-4-2-11-29-14-17/h3,7-8,16-17H,2,4-6,9-15H2,1H3. The molecule has 29 heavy (non-hydrogen) atoms. The van der Waals surface area contributed by atoms with E-state index in [2.05, 4.69) is 26.5 Å². The van der Waals surface area contributed by atoms with Gasteiger partial charge in [-0.1, -0.05) is 0 Å². The first-order valence-electron chi connectivity index (χ1n) is 10.7. The molecule has 2 fully saturated rings. The third-order valence-electron chi connectivity index (χ3n) is 6.84. The summed E-state index contributed by atoms with van der Waals surface area (Å²) in [4.78, 5) is 22.8. The number of hydrogen-bond acceptors (Lipinski definition) is 5. The fraction of sp³-hybridized carbons (Fsp3) is 0.667. The lowest BCUT2D eigenvalue weighted by molar-refractivity contribution is -0.139. The summed E-state index contributed by atoms with van der Waals surface area (Å²) in [5.74, 6) is 0.728. The van der Waals surface area contributed by atoms with Crippen LogP contribution in [0.1, 0.15) is 30.7 Å². The Balaban J connectivity index is 1.40. The second-order valence-corrected chi connectivity index (χ2v) is 8.75. The van der Waals surface area contributed by atoms with E-state index in [9.17, 15) is 4.79 Å². The zero-order valence-corrected chi connectivity index (χ0v) is 17.2. The Labute approximate surface area is 171 Å². The molecule has 3 aliphatic heterocycles. The number of likely N-dealkylation sites (tertiary alicyclic amines) is 1. The molecule has 1 amide bonds. The van der Waals surface area contributed by atoms with Gasteiger partial charge in [0.25, 0.3) is 0 Å². The molecule has 0 saturated carbocycles. The Kier molecular flexibility index (Phi) is 4.91. The molecule has 0 aliphatic carbocycles. The monoisotopic (exact) mass is 398 g/mol. The van der Waals surface area contributed by atoms with Crippen LogP contribution in [-0.2, 0) is 35.1 Å². The molecule has 5 heterocycles. The predicted octanol–water partition coefficient (Wildman–Crippen LogP) is 1.03. The number of amides is 1. The minimum atomic E-state index is -0.325. The maximum atomic E-state index is 13.3. The van der Waals surface area contributed by atoms with E-state index in [4.69, 9.17) is 9.72 Å². The molecule has 5 rings (SSSR count). The number of carbonyl (C=O) groups excluding carboxylic acids is 1. The van der Waals surface area contributed by atoms with Crippen LogP contribution >= 0.6 is 0 Å². The summed E-state index contributed by atoms with van der Waals surface area (Å²) < 4.78 is 9.54. The van der Waals surface area contributed by atoms with Crippen LogP contribution in [0.25, 0.3) is 0 Å². The van der Waals surface area contributed by atoms with Crippen LogP contribution in [0.2, 0.25) is 0 Å². The summed E-state index contributed by atoms with van der Waals surface area (Å²) in [6.07, 6.45) is 9.67. The van der Waals surface area contributed by atoms with E-state index < -0.39 is 0 Å². The van der Waals surface area contributed by atoms with Crippen LogP contribution in [0.3, 0.4) is 0 Å². The van der Waals surface area contributed by atoms with E-state index in [1.807, 2.05) is 18.6 Å². The topological polar surface area (TPSA) is 68.4 Å². The van der Waals surface area contributed by atoms with E-state index in [0.717, 1.165) is 64.3 Å². The van der Waals surface area contributed by atoms with Crippen molar-refractivity contribution in [2.45, 2.75) is 37.8 Å². The molecule has 3 aliphatic rings. The largest absolute Gasteiger partial charge is 0.381 e. The van der Waals surface area contributed by atoms with Gasteiger partial charge in [-0.3, -0.25) is 9.48 Å². The number of ether oxygens (including phenoxy) is 1. The van der Waals surface area contributed by atoms with Gasteiger partial charge in [0.05, 0.1) is 18.6 Å². The van der Waals surface area contributed by atoms with Crippen LogP contribution in [0.4, 0.5) is 0 Å². The zero-order valence-electron chi connectivity index (χ0n) is 17.2. The lowest BCUT2D eigenvalue weighted by Gasteiger charge is -2.44. The fourth-order valence-electron chi connectivity index (χ4n) is 5.44. The van der Waals surface area contributed by atoms with Crippen molar-refractivity contribution >= 4 is 5.91 Å². The average Bonchev–Trinajstić information content (AvgIpc) is 3.46. The van der Waals surface area contributed by atoms with Gasteiger partial charge in [0.15, 0.2) is 0 Å². The molecule has 0 aromatic carbocycles. The van der Waals surface area contributed by atoms with Crippen LogP contribution in [0.5, 0.6) is 0 Å². The average molecular weight is 399 g/mol. The number of nitrogens with zero attached hydrogens (tertiary/aromatic N) is 6. The number of imidazole rings is 1. The van der Waals surface area contributed by atoms with Crippen molar-refractivity contribution in [2.75, 3.05) is 39.4 Å². The molecule has 8 nitrogen and oxygen atoms in total.